The van der Waals surface area contributed by atoms with Crippen LogP contribution in [0.25, 0.3) is 0 Å². The fraction of sp³-hybridized carbons (Fsp3) is 0.429. The van der Waals surface area contributed by atoms with Crippen molar-refractivity contribution in [2.24, 2.45) is 0 Å². The number of phenolic OH excluding ortho intramolecular Hbond substituents is 1. The van der Waals surface area contributed by atoms with Gasteiger partial charge in [-0.1, -0.05) is 12.8 Å². The molecule has 1 aliphatic carbocycles. The van der Waals surface area contributed by atoms with Crippen LogP contribution in [0.15, 0.2) is 18.2 Å². The predicted molar refractivity (Wildman–Crippen MR) is 74.0 cm³/mol. The number of aromatic carboxylic acids is 1. The number of carboxylic acid groups (broad SMARTS) is 1. The number of hydrogen-bond donors (Lipinski definition) is 4. The number of nitrogens with one attached hydrogen (secondary N) is 2. The molecule has 0 heterocycles. The average Bonchev–Trinajstić information content (AvgIpc) is 2.91. The summed E-state index contributed by atoms with van der Waals surface area (Å²) in [4.78, 5) is 22.8. The van der Waals surface area contributed by atoms with Gasteiger partial charge in [-0.05, 0) is 31.0 Å². The molecule has 0 aromatic heterocycles. The van der Waals surface area contributed by atoms with Crippen LogP contribution >= 0.6 is 0 Å². The summed E-state index contributed by atoms with van der Waals surface area (Å²) >= 11 is 0. The lowest BCUT2D eigenvalue weighted by atomic mass is 10.1. The molecule has 1 saturated carbocycles. The maximum Gasteiger partial charge on any atom is 0.337 e. The highest BCUT2D eigenvalue weighted by molar-refractivity contribution is 6.01. The first-order valence-electron chi connectivity index (χ1n) is 6.66. The predicted octanol–water partition coefficient (Wildman–Crippen LogP) is 1.56. The Labute approximate surface area is 116 Å². The van der Waals surface area contributed by atoms with Crippen LogP contribution in [0.4, 0.5) is 5.69 Å². The largest absolute Gasteiger partial charge is 0.508 e. The Morgan fingerprint density at radius 2 is 1.95 bits per heavy atom. The molecule has 0 saturated heterocycles. The van der Waals surface area contributed by atoms with Crippen molar-refractivity contribution in [2.45, 2.75) is 31.7 Å². The number of carbonyl (C=O) groups is 2. The Morgan fingerprint density at radius 3 is 2.60 bits per heavy atom. The molecule has 0 bridgehead atoms. The normalized spacial score (nSPS) is 15.2. The van der Waals surface area contributed by atoms with Crippen molar-refractivity contribution in [3.05, 3.63) is 23.8 Å². The van der Waals surface area contributed by atoms with E-state index in [9.17, 15) is 14.7 Å². The molecule has 0 aliphatic heterocycles. The number of aromatic hydroxyl groups is 1. The number of carbonyl (C=O) groups excluding carboxylic acids is 1. The molecule has 1 amide bonds. The summed E-state index contributed by atoms with van der Waals surface area (Å²) in [5.41, 5.74) is 0.0627. The minimum Gasteiger partial charge on any atom is -0.508 e. The summed E-state index contributed by atoms with van der Waals surface area (Å²) in [7, 11) is 0. The Hall–Kier alpha value is -2.08. The highest BCUT2D eigenvalue weighted by atomic mass is 16.4. The third-order valence-electron chi connectivity index (χ3n) is 3.41. The minimum absolute atomic E-state index is 0.126. The number of phenols is 1. The van der Waals surface area contributed by atoms with E-state index in [0.717, 1.165) is 18.9 Å². The Morgan fingerprint density at radius 1 is 1.25 bits per heavy atom. The van der Waals surface area contributed by atoms with Crippen LogP contribution in [-0.2, 0) is 4.79 Å². The third-order valence-corrected chi connectivity index (χ3v) is 3.41. The number of hydrogen-bond acceptors (Lipinski definition) is 4. The molecule has 0 spiro atoms. The molecule has 0 unspecified atom stereocenters. The van der Waals surface area contributed by atoms with Gasteiger partial charge in [-0.3, -0.25) is 4.79 Å². The summed E-state index contributed by atoms with van der Waals surface area (Å²) < 4.78 is 0. The number of benzene rings is 1. The van der Waals surface area contributed by atoms with E-state index in [1.807, 2.05) is 0 Å². The highest BCUT2D eigenvalue weighted by Gasteiger charge is 2.17. The van der Waals surface area contributed by atoms with Gasteiger partial charge in [0.15, 0.2) is 0 Å². The van der Waals surface area contributed by atoms with Gasteiger partial charge >= 0.3 is 5.97 Å². The summed E-state index contributed by atoms with van der Waals surface area (Å²) in [6.45, 7) is 0.157. The molecule has 2 rings (SSSR count). The summed E-state index contributed by atoms with van der Waals surface area (Å²) in [6, 6.07) is 4.21. The van der Waals surface area contributed by atoms with Gasteiger partial charge < -0.3 is 20.8 Å². The van der Waals surface area contributed by atoms with Crippen molar-refractivity contribution in [1.82, 2.24) is 5.32 Å². The molecule has 108 valence electrons. The zero-order valence-corrected chi connectivity index (χ0v) is 11.1. The molecule has 1 aliphatic rings. The Bertz CT molecular complexity index is 510. The Balaban J connectivity index is 1.94. The van der Waals surface area contributed by atoms with E-state index < -0.39 is 5.97 Å². The van der Waals surface area contributed by atoms with Gasteiger partial charge in [-0.2, -0.15) is 0 Å². The van der Waals surface area contributed by atoms with Crippen molar-refractivity contribution in [1.29, 1.82) is 0 Å². The first-order valence-corrected chi connectivity index (χ1v) is 6.66. The summed E-state index contributed by atoms with van der Waals surface area (Å²) in [6.07, 6.45) is 4.51. The molecular weight excluding hydrogens is 260 g/mol. The number of anilines is 1. The lowest BCUT2D eigenvalue weighted by Crippen LogP contribution is -2.34. The maximum absolute atomic E-state index is 11.8. The molecule has 6 heteroatoms. The molecule has 4 N–H and O–H groups in total. The highest BCUT2D eigenvalue weighted by Crippen LogP contribution is 2.21. The SMILES string of the molecule is O=C(CNC1CCCC1)Nc1ccc(O)cc1C(=O)O. The number of rotatable bonds is 5. The number of carboxylic acids is 1. The van der Waals surface area contributed by atoms with Crippen LogP contribution < -0.4 is 10.6 Å². The first-order chi connectivity index (χ1) is 9.56. The lowest BCUT2D eigenvalue weighted by molar-refractivity contribution is -0.115. The van der Waals surface area contributed by atoms with Crippen molar-refractivity contribution in [3.63, 3.8) is 0 Å². The zero-order chi connectivity index (χ0) is 14.5. The van der Waals surface area contributed by atoms with E-state index in [1.54, 1.807) is 0 Å². The first kappa shape index (κ1) is 14.3. The molecule has 6 nitrogen and oxygen atoms in total. The van der Waals surface area contributed by atoms with Crippen molar-refractivity contribution >= 4 is 17.6 Å². The van der Waals surface area contributed by atoms with Gasteiger partial charge in [0, 0.05) is 6.04 Å². The molecule has 20 heavy (non-hydrogen) atoms. The molecule has 0 radical (unpaired) electrons. The second-order valence-electron chi connectivity index (χ2n) is 4.95. The van der Waals surface area contributed by atoms with E-state index >= 15 is 0 Å². The van der Waals surface area contributed by atoms with Gasteiger partial charge in [0.2, 0.25) is 5.91 Å². The van der Waals surface area contributed by atoms with Crippen molar-refractivity contribution in [2.75, 3.05) is 11.9 Å². The minimum atomic E-state index is -1.19. The van der Waals surface area contributed by atoms with E-state index in [4.69, 9.17) is 5.11 Å². The zero-order valence-electron chi connectivity index (χ0n) is 11.1. The van der Waals surface area contributed by atoms with Crippen molar-refractivity contribution in [3.8, 4) is 5.75 Å². The maximum atomic E-state index is 11.8. The van der Waals surface area contributed by atoms with E-state index in [0.29, 0.717) is 6.04 Å². The van der Waals surface area contributed by atoms with Gasteiger partial charge in [0.25, 0.3) is 0 Å². The molecule has 1 aromatic carbocycles. The van der Waals surface area contributed by atoms with Crippen molar-refractivity contribution < 1.29 is 19.8 Å². The standard InChI is InChI=1S/C14H18N2O4/c17-10-5-6-12(11(7-10)14(19)20)16-13(18)8-15-9-3-1-2-4-9/h5-7,9,15,17H,1-4,8H2,(H,16,18)(H,19,20). The van der Waals surface area contributed by atoms with Crippen LogP contribution in [0.3, 0.4) is 0 Å². The monoisotopic (exact) mass is 278 g/mol. The van der Waals surface area contributed by atoms with E-state index in [-0.39, 0.29) is 29.5 Å². The second kappa shape index (κ2) is 6.38. The van der Waals surface area contributed by atoms with E-state index in [1.165, 1.54) is 25.0 Å². The Kier molecular flexibility index (Phi) is 4.57. The molecule has 1 aromatic rings. The topological polar surface area (TPSA) is 98.7 Å². The lowest BCUT2D eigenvalue weighted by Gasteiger charge is -2.13. The van der Waals surface area contributed by atoms with Crippen LogP contribution in [0.2, 0.25) is 0 Å². The fourth-order valence-corrected chi connectivity index (χ4v) is 2.38. The second-order valence-corrected chi connectivity index (χ2v) is 4.95. The molecule has 0 atom stereocenters. The van der Waals surface area contributed by atoms with Gasteiger partial charge in [0.1, 0.15) is 5.75 Å². The smallest absolute Gasteiger partial charge is 0.337 e. The van der Waals surface area contributed by atoms with Crippen LogP contribution in [-0.4, -0.2) is 34.7 Å². The summed E-state index contributed by atoms with van der Waals surface area (Å²) in [5.74, 6) is -1.63. The van der Waals surface area contributed by atoms with Gasteiger partial charge in [-0.25, -0.2) is 4.79 Å². The quantitative estimate of drug-likeness (QED) is 0.613. The number of amides is 1. The summed E-state index contributed by atoms with van der Waals surface area (Å²) in [5, 5.41) is 24.0. The molecule has 1 fully saturated rings. The van der Waals surface area contributed by atoms with Gasteiger partial charge in [0.05, 0.1) is 17.8 Å². The van der Waals surface area contributed by atoms with Crippen LogP contribution in [0.5, 0.6) is 5.75 Å². The van der Waals surface area contributed by atoms with Crippen LogP contribution in [0.1, 0.15) is 36.0 Å². The fourth-order valence-electron chi connectivity index (χ4n) is 2.38. The van der Waals surface area contributed by atoms with Gasteiger partial charge in [-0.15, -0.1) is 0 Å². The van der Waals surface area contributed by atoms with Crippen LogP contribution in [0, 0.1) is 0 Å². The molecular formula is C14H18N2O4. The van der Waals surface area contributed by atoms with E-state index in [2.05, 4.69) is 10.6 Å². The average molecular weight is 278 g/mol. The third kappa shape index (κ3) is 3.71.